The topological polar surface area (TPSA) is 60.2 Å². The van der Waals surface area contributed by atoms with Crippen molar-refractivity contribution in [3.63, 3.8) is 0 Å². The van der Waals surface area contributed by atoms with Crippen molar-refractivity contribution in [2.24, 2.45) is 5.84 Å². The van der Waals surface area contributed by atoms with Gasteiger partial charge in [-0.05, 0) is 30.7 Å². The SMILES string of the molecule is Cc1cc(Oc2nc(NN)c(F)cc2F)ccc1Br. The number of ether oxygens (including phenoxy) is 1. The maximum absolute atomic E-state index is 13.5. The molecule has 0 amide bonds. The average Bonchev–Trinajstić information content (AvgIpc) is 2.37. The van der Waals surface area contributed by atoms with Crippen LogP contribution < -0.4 is 16.0 Å². The molecule has 1 aromatic heterocycles. The smallest absolute Gasteiger partial charge is 0.258 e. The van der Waals surface area contributed by atoms with E-state index in [2.05, 4.69) is 20.9 Å². The Hall–Kier alpha value is -1.73. The standard InChI is InChI=1S/C12H10BrF2N3O/c1-6-4-7(2-3-8(6)13)19-12-10(15)5-9(14)11(17-12)18-16/h2-5H,16H2,1H3,(H,17,18). The lowest BCUT2D eigenvalue weighted by Crippen LogP contribution is -2.11. The molecule has 2 aromatic rings. The van der Waals surface area contributed by atoms with Crippen LogP contribution in [0.5, 0.6) is 11.6 Å². The van der Waals surface area contributed by atoms with Gasteiger partial charge in [-0.1, -0.05) is 15.9 Å². The highest BCUT2D eigenvalue weighted by Gasteiger charge is 2.13. The van der Waals surface area contributed by atoms with Crippen molar-refractivity contribution in [1.82, 2.24) is 4.98 Å². The van der Waals surface area contributed by atoms with Crippen LogP contribution in [0.4, 0.5) is 14.6 Å². The number of aromatic nitrogens is 1. The number of hydrogen-bond donors (Lipinski definition) is 2. The molecule has 0 spiro atoms. The van der Waals surface area contributed by atoms with E-state index in [1.807, 2.05) is 12.3 Å². The number of pyridine rings is 1. The number of anilines is 1. The summed E-state index contributed by atoms with van der Waals surface area (Å²) in [4.78, 5) is 3.62. The van der Waals surface area contributed by atoms with E-state index >= 15 is 0 Å². The molecule has 0 saturated heterocycles. The molecule has 0 fully saturated rings. The van der Waals surface area contributed by atoms with E-state index < -0.39 is 11.6 Å². The van der Waals surface area contributed by atoms with Crippen LogP contribution in [0.1, 0.15) is 5.56 Å². The normalized spacial score (nSPS) is 10.4. The van der Waals surface area contributed by atoms with Crippen molar-refractivity contribution >= 4 is 21.7 Å². The maximum atomic E-state index is 13.5. The molecule has 0 atom stereocenters. The van der Waals surface area contributed by atoms with Crippen molar-refractivity contribution in [3.05, 3.63) is 45.9 Å². The first-order chi connectivity index (χ1) is 9.01. The molecule has 100 valence electrons. The lowest BCUT2D eigenvalue weighted by atomic mass is 10.2. The number of nitrogens with two attached hydrogens (primary N) is 1. The van der Waals surface area contributed by atoms with Crippen molar-refractivity contribution < 1.29 is 13.5 Å². The summed E-state index contributed by atoms with van der Waals surface area (Å²) < 4.78 is 32.9. The zero-order valence-corrected chi connectivity index (χ0v) is 11.5. The summed E-state index contributed by atoms with van der Waals surface area (Å²) in [5, 5.41) is 0. The van der Waals surface area contributed by atoms with E-state index in [1.165, 1.54) is 0 Å². The van der Waals surface area contributed by atoms with E-state index in [0.717, 1.165) is 10.0 Å². The van der Waals surface area contributed by atoms with Gasteiger partial charge in [0, 0.05) is 10.5 Å². The quantitative estimate of drug-likeness (QED) is 0.668. The maximum Gasteiger partial charge on any atom is 0.258 e. The first-order valence-corrected chi connectivity index (χ1v) is 6.07. The number of benzene rings is 1. The second-order valence-electron chi connectivity index (χ2n) is 3.76. The zero-order chi connectivity index (χ0) is 14.0. The third-order valence-corrected chi connectivity index (χ3v) is 3.27. The highest BCUT2D eigenvalue weighted by Crippen LogP contribution is 2.28. The average molecular weight is 330 g/mol. The van der Waals surface area contributed by atoms with Crippen molar-refractivity contribution in [2.45, 2.75) is 6.92 Å². The lowest BCUT2D eigenvalue weighted by Gasteiger charge is -2.09. The molecular formula is C12H10BrF2N3O. The Kier molecular flexibility index (Phi) is 3.96. The lowest BCUT2D eigenvalue weighted by molar-refractivity contribution is 0.417. The fraction of sp³-hybridized carbons (Fsp3) is 0.0833. The molecule has 0 saturated carbocycles. The number of rotatable bonds is 3. The number of nitrogens with one attached hydrogen (secondary N) is 1. The van der Waals surface area contributed by atoms with Crippen LogP contribution in [0.2, 0.25) is 0 Å². The minimum Gasteiger partial charge on any atom is -0.436 e. The van der Waals surface area contributed by atoms with Crippen LogP contribution in [0.25, 0.3) is 0 Å². The predicted molar refractivity (Wildman–Crippen MR) is 70.9 cm³/mol. The van der Waals surface area contributed by atoms with Gasteiger partial charge in [0.25, 0.3) is 5.88 Å². The molecule has 3 N–H and O–H groups in total. The fourth-order valence-corrected chi connectivity index (χ4v) is 1.66. The van der Waals surface area contributed by atoms with Gasteiger partial charge in [0.1, 0.15) is 5.75 Å². The third kappa shape index (κ3) is 2.99. The first kappa shape index (κ1) is 13.7. The molecule has 7 heteroatoms. The number of nitrogens with zero attached hydrogens (tertiary/aromatic N) is 1. The van der Waals surface area contributed by atoms with Gasteiger partial charge >= 0.3 is 0 Å². The second-order valence-corrected chi connectivity index (χ2v) is 4.62. The Morgan fingerprint density at radius 3 is 2.63 bits per heavy atom. The Bertz CT molecular complexity index is 622. The van der Waals surface area contributed by atoms with E-state index in [9.17, 15) is 8.78 Å². The molecule has 0 radical (unpaired) electrons. The molecule has 0 unspecified atom stereocenters. The van der Waals surface area contributed by atoms with Gasteiger partial charge < -0.3 is 10.2 Å². The predicted octanol–water partition coefficient (Wildman–Crippen LogP) is 3.51. The van der Waals surface area contributed by atoms with Gasteiger partial charge in [0.2, 0.25) is 0 Å². The van der Waals surface area contributed by atoms with Gasteiger partial charge in [-0.15, -0.1) is 0 Å². The number of hydrogen-bond acceptors (Lipinski definition) is 4. The Morgan fingerprint density at radius 2 is 2.00 bits per heavy atom. The summed E-state index contributed by atoms with van der Waals surface area (Å²) in [7, 11) is 0. The Balaban J connectivity index is 2.34. The number of nitrogen functional groups attached to an aromatic ring is 1. The van der Waals surface area contributed by atoms with Gasteiger partial charge in [-0.2, -0.15) is 4.98 Å². The van der Waals surface area contributed by atoms with Crippen LogP contribution in [0.15, 0.2) is 28.7 Å². The summed E-state index contributed by atoms with van der Waals surface area (Å²) in [6.07, 6.45) is 0. The molecule has 2 rings (SSSR count). The van der Waals surface area contributed by atoms with Crippen LogP contribution in [-0.2, 0) is 0 Å². The molecule has 0 aliphatic heterocycles. The molecule has 0 aliphatic rings. The van der Waals surface area contributed by atoms with E-state index in [0.29, 0.717) is 11.8 Å². The molecular weight excluding hydrogens is 320 g/mol. The van der Waals surface area contributed by atoms with Crippen LogP contribution in [-0.4, -0.2) is 4.98 Å². The van der Waals surface area contributed by atoms with Crippen LogP contribution >= 0.6 is 15.9 Å². The Morgan fingerprint density at radius 1 is 1.26 bits per heavy atom. The molecule has 1 aromatic carbocycles. The van der Waals surface area contributed by atoms with E-state index in [-0.39, 0.29) is 11.7 Å². The van der Waals surface area contributed by atoms with Gasteiger partial charge in [0.05, 0.1) is 0 Å². The summed E-state index contributed by atoms with van der Waals surface area (Å²) in [6, 6.07) is 5.75. The molecule has 1 heterocycles. The molecule has 0 aliphatic carbocycles. The van der Waals surface area contributed by atoms with Crippen LogP contribution in [0.3, 0.4) is 0 Å². The van der Waals surface area contributed by atoms with E-state index in [4.69, 9.17) is 10.6 Å². The summed E-state index contributed by atoms with van der Waals surface area (Å²) in [5.74, 6) is 3.03. The Labute approximate surface area is 116 Å². The highest BCUT2D eigenvalue weighted by molar-refractivity contribution is 9.10. The fourth-order valence-electron chi connectivity index (χ4n) is 1.41. The number of halogens is 3. The molecule has 19 heavy (non-hydrogen) atoms. The summed E-state index contributed by atoms with van der Waals surface area (Å²) in [5.41, 5.74) is 2.94. The van der Waals surface area contributed by atoms with Crippen LogP contribution in [0, 0.1) is 18.6 Å². The van der Waals surface area contributed by atoms with Crippen molar-refractivity contribution in [3.8, 4) is 11.6 Å². The number of aryl methyl sites for hydroxylation is 1. The molecule has 0 bridgehead atoms. The molecule has 4 nitrogen and oxygen atoms in total. The van der Waals surface area contributed by atoms with Gasteiger partial charge in [-0.3, -0.25) is 0 Å². The third-order valence-electron chi connectivity index (χ3n) is 2.38. The summed E-state index contributed by atoms with van der Waals surface area (Å²) in [6.45, 7) is 1.86. The first-order valence-electron chi connectivity index (χ1n) is 5.28. The number of hydrazine groups is 1. The van der Waals surface area contributed by atoms with Crippen molar-refractivity contribution in [1.29, 1.82) is 0 Å². The second kappa shape index (κ2) is 5.50. The minimum absolute atomic E-state index is 0.287. The monoisotopic (exact) mass is 329 g/mol. The highest BCUT2D eigenvalue weighted by atomic mass is 79.9. The largest absolute Gasteiger partial charge is 0.436 e. The summed E-state index contributed by atoms with van der Waals surface area (Å²) >= 11 is 3.34. The minimum atomic E-state index is -0.905. The van der Waals surface area contributed by atoms with Gasteiger partial charge in [0.15, 0.2) is 17.5 Å². The van der Waals surface area contributed by atoms with Gasteiger partial charge in [-0.25, -0.2) is 14.6 Å². The van der Waals surface area contributed by atoms with Crippen molar-refractivity contribution in [2.75, 3.05) is 5.43 Å². The zero-order valence-electron chi connectivity index (χ0n) is 9.88. The van der Waals surface area contributed by atoms with E-state index in [1.54, 1.807) is 18.2 Å².